The smallest absolute Gasteiger partial charge is 0.183 e. The molecule has 0 amide bonds. The molecule has 1 aromatic carbocycles. The van der Waals surface area contributed by atoms with Gasteiger partial charge in [0.25, 0.3) is 0 Å². The van der Waals surface area contributed by atoms with Gasteiger partial charge in [0.1, 0.15) is 0 Å². The van der Waals surface area contributed by atoms with E-state index in [4.69, 9.17) is 11.6 Å². The second kappa shape index (κ2) is 4.34. The van der Waals surface area contributed by atoms with Gasteiger partial charge in [0.15, 0.2) is 5.13 Å². The first-order chi connectivity index (χ1) is 8.21. The Morgan fingerprint density at radius 1 is 1.53 bits per heavy atom. The van der Waals surface area contributed by atoms with Gasteiger partial charge in [0.2, 0.25) is 0 Å². The maximum Gasteiger partial charge on any atom is 0.183 e. The van der Waals surface area contributed by atoms with Gasteiger partial charge in [-0.15, -0.1) is 0 Å². The average molecular weight is 285 g/mol. The zero-order valence-corrected chi connectivity index (χ0v) is 11.9. The molecule has 0 unspecified atom stereocenters. The number of thioether (sulfide) groups is 1. The van der Waals surface area contributed by atoms with Crippen molar-refractivity contribution in [1.82, 2.24) is 4.98 Å². The Kier molecular flexibility index (Phi) is 2.97. The van der Waals surface area contributed by atoms with E-state index in [2.05, 4.69) is 16.6 Å². The van der Waals surface area contributed by atoms with Crippen molar-refractivity contribution in [3.63, 3.8) is 0 Å². The normalized spacial score (nSPS) is 17.3. The summed E-state index contributed by atoms with van der Waals surface area (Å²) < 4.78 is 1.65. The molecule has 5 heteroatoms. The number of benzene rings is 1. The van der Waals surface area contributed by atoms with Crippen molar-refractivity contribution in [2.75, 3.05) is 18.1 Å². The molecule has 1 saturated carbocycles. The van der Waals surface area contributed by atoms with Crippen LogP contribution in [0.5, 0.6) is 0 Å². The number of halogens is 1. The van der Waals surface area contributed by atoms with Crippen LogP contribution in [0.3, 0.4) is 0 Å². The number of aromatic nitrogens is 1. The van der Waals surface area contributed by atoms with Crippen molar-refractivity contribution in [3.05, 3.63) is 23.2 Å². The Balaban J connectivity index is 1.77. The molecule has 1 N–H and O–H groups in total. The number of anilines is 1. The highest BCUT2D eigenvalue weighted by atomic mass is 35.5. The number of fused-ring (bicyclic) bond motifs is 1. The molecule has 1 heterocycles. The predicted molar refractivity (Wildman–Crippen MR) is 78.6 cm³/mol. The molecule has 90 valence electrons. The highest BCUT2D eigenvalue weighted by molar-refractivity contribution is 8.00. The van der Waals surface area contributed by atoms with Crippen molar-refractivity contribution < 1.29 is 0 Å². The molecule has 2 nitrogen and oxygen atoms in total. The Hall–Kier alpha value is -0.450. The zero-order chi connectivity index (χ0) is 11.9. The molecule has 0 aliphatic heterocycles. The van der Waals surface area contributed by atoms with Gasteiger partial charge in [-0.3, -0.25) is 0 Å². The van der Waals surface area contributed by atoms with Crippen LogP contribution in [0.1, 0.15) is 12.8 Å². The minimum absolute atomic E-state index is 0.468. The second-order valence-corrected chi connectivity index (χ2v) is 7.11. The van der Waals surface area contributed by atoms with E-state index in [-0.39, 0.29) is 0 Å². The van der Waals surface area contributed by atoms with Gasteiger partial charge in [0.05, 0.1) is 10.2 Å². The van der Waals surface area contributed by atoms with Crippen molar-refractivity contribution in [1.29, 1.82) is 0 Å². The van der Waals surface area contributed by atoms with Gasteiger partial charge in [-0.2, -0.15) is 11.8 Å². The van der Waals surface area contributed by atoms with Crippen LogP contribution in [0.15, 0.2) is 18.2 Å². The van der Waals surface area contributed by atoms with Gasteiger partial charge in [0, 0.05) is 16.3 Å². The lowest BCUT2D eigenvalue weighted by molar-refractivity contribution is 0.947. The summed E-state index contributed by atoms with van der Waals surface area (Å²) in [5.41, 5.74) is 0.985. The molecule has 3 rings (SSSR count). The van der Waals surface area contributed by atoms with Crippen LogP contribution >= 0.6 is 34.7 Å². The SMILES string of the molecule is CSC1(CNc2nc3cc(Cl)ccc3s2)CC1. The topological polar surface area (TPSA) is 24.9 Å². The second-order valence-electron chi connectivity index (χ2n) is 4.37. The predicted octanol–water partition coefficient (Wildman–Crippen LogP) is 4.26. The summed E-state index contributed by atoms with van der Waals surface area (Å²) in [6.07, 6.45) is 4.82. The van der Waals surface area contributed by atoms with E-state index in [0.29, 0.717) is 4.75 Å². The molecule has 1 fully saturated rings. The quantitative estimate of drug-likeness (QED) is 0.908. The number of nitrogens with one attached hydrogen (secondary N) is 1. The van der Waals surface area contributed by atoms with Gasteiger partial charge < -0.3 is 5.32 Å². The third kappa shape index (κ3) is 2.39. The summed E-state index contributed by atoms with van der Waals surface area (Å²) in [5, 5.41) is 5.20. The van der Waals surface area contributed by atoms with Crippen LogP contribution in [-0.4, -0.2) is 22.5 Å². The summed E-state index contributed by atoms with van der Waals surface area (Å²) in [7, 11) is 0. The maximum atomic E-state index is 5.95. The van der Waals surface area contributed by atoms with Crippen LogP contribution in [0, 0.1) is 0 Å². The third-order valence-corrected chi connectivity index (χ3v) is 5.80. The fourth-order valence-electron chi connectivity index (χ4n) is 1.81. The Morgan fingerprint density at radius 2 is 2.35 bits per heavy atom. The van der Waals surface area contributed by atoms with E-state index in [1.807, 2.05) is 30.0 Å². The lowest BCUT2D eigenvalue weighted by Gasteiger charge is -2.11. The number of hydrogen-bond acceptors (Lipinski definition) is 4. The average Bonchev–Trinajstić information content (AvgIpc) is 3.00. The highest BCUT2D eigenvalue weighted by Crippen LogP contribution is 2.47. The Morgan fingerprint density at radius 3 is 3.06 bits per heavy atom. The molecule has 1 aromatic heterocycles. The minimum Gasteiger partial charge on any atom is -0.360 e. The molecule has 1 aliphatic rings. The molecule has 0 radical (unpaired) electrons. The molecule has 0 atom stereocenters. The fourth-order valence-corrected chi connectivity index (χ4v) is 3.54. The summed E-state index contributed by atoms with van der Waals surface area (Å²) >= 11 is 9.61. The third-order valence-electron chi connectivity index (χ3n) is 3.15. The van der Waals surface area contributed by atoms with Crippen molar-refractivity contribution in [2.45, 2.75) is 17.6 Å². The summed E-state index contributed by atoms with van der Waals surface area (Å²) in [5.74, 6) is 0. The number of nitrogens with zero attached hydrogens (tertiary/aromatic N) is 1. The van der Waals surface area contributed by atoms with Crippen LogP contribution in [0.25, 0.3) is 10.2 Å². The lowest BCUT2D eigenvalue weighted by atomic mass is 10.3. The summed E-state index contributed by atoms with van der Waals surface area (Å²) in [4.78, 5) is 4.55. The van der Waals surface area contributed by atoms with Crippen molar-refractivity contribution >= 4 is 50.0 Å². The Bertz CT molecular complexity index is 548. The molecule has 2 aromatic rings. The molecule has 0 bridgehead atoms. The van der Waals surface area contributed by atoms with E-state index >= 15 is 0 Å². The summed E-state index contributed by atoms with van der Waals surface area (Å²) in [6, 6.07) is 5.86. The standard InChI is InChI=1S/C12H13ClN2S2/c1-16-12(4-5-12)7-14-11-15-9-6-8(13)2-3-10(9)17-11/h2-3,6H,4-5,7H2,1H3,(H,14,15). The first kappa shape index (κ1) is 11.6. The first-order valence-electron chi connectivity index (χ1n) is 5.56. The molecule has 1 aliphatic carbocycles. The highest BCUT2D eigenvalue weighted by Gasteiger charge is 2.41. The number of thiazole rings is 1. The van der Waals surface area contributed by atoms with Gasteiger partial charge in [-0.05, 0) is 37.3 Å². The van der Waals surface area contributed by atoms with Gasteiger partial charge in [-0.25, -0.2) is 4.98 Å². The minimum atomic E-state index is 0.468. The van der Waals surface area contributed by atoms with E-state index in [1.165, 1.54) is 17.5 Å². The molecular weight excluding hydrogens is 272 g/mol. The van der Waals surface area contributed by atoms with Crippen molar-refractivity contribution in [2.24, 2.45) is 0 Å². The number of hydrogen-bond donors (Lipinski definition) is 1. The molecular formula is C12H13ClN2S2. The lowest BCUT2D eigenvalue weighted by Crippen LogP contribution is -2.17. The van der Waals surface area contributed by atoms with Gasteiger partial charge >= 0.3 is 0 Å². The fraction of sp³-hybridized carbons (Fsp3) is 0.417. The van der Waals surface area contributed by atoms with E-state index in [0.717, 1.165) is 22.2 Å². The summed E-state index contributed by atoms with van der Waals surface area (Å²) in [6.45, 7) is 1.02. The van der Waals surface area contributed by atoms with Crippen LogP contribution in [0.4, 0.5) is 5.13 Å². The molecule has 17 heavy (non-hydrogen) atoms. The zero-order valence-electron chi connectivity index (χ0n) is 9.50. The van der Waals surface area contributed by atoms with E-state index < -0.39 is 0 Å². The van der Waals surface area contributed by atoms with E-state index in [9.17, 15) is 0 Å². The monoisotopic (exact) mass is 284 g/mol. The van der Waals surface area contributed by atoms with Crippen LogP contribution in [-0.2, 0) is 0 Å². The van der Waals surface area contributed by atoms with Gasteiger partial charge in [-0.1, -0.05) is 22.9 Å². The molecule has 0 spiro atoms. The first-order valence-corrected chi connectivity index (χ1v) is 7.98. The van der Waals surface area contributed by atoms with Crippen molar-refractivity contribution in [3.8, 4) is 0 Å². The molecule has 0 saturated heterocycles. The van der Waals surface area contributed by atoms with Crippen LogP contribution in [0.2, 0.25) is 5.02 Å². The Labute approximate surface area is 114 Å². The largest absolute Gasteiger partial charge is 0.360 e. The van der Waals surface area contributed by atoms with Crippen LogP contribution < -0.4 is 5.32 Å². The van der Waals surface area contributed by atoms with E-state index in [1.54, 1.807) is 11.3 Å². The maximum absolute atomic E-state index is 5.95. The number of rotatable bonds is 4.